The first-order chi connectivity index (χ1) is 5.08. The van der Waals surface area contributed by atoms with Gasteiger partial charge in [-0.2, -0.15) is 0 Å². The maximum atomic E-state index is 10.5. The summed E-state index contributed by atoms with van der Waals surface area (Å²) in [6.07, 6.45) is 3.14. The van der Waals surface area contributed by atoms with Crippen molar-refractivity contribution in [2.75, 3.05) is 0 Å². The van der Waals surface area contributed by atoms with Gasteiger partial charge < -0.3 is 10.8 Å². The summed E-state index contributed by atoms with van der Waals surface area (Å²) >= 11 is 2.12. The van der Waals surface area contributed by atoms with Crippen molar-refractivity contribution < 1.29 is 9.90 Å². The van der Waals surface area contributed by atoms with E-state index in [0.29, 0.717) is 18.8 Å². The minimum absolute atomic E-state index is 0.369. The van der Waals surface area contributed by atoms with Crippen LogP contribution in [0.3, 0.4) is 0 Å². The predicted molar refractivity (Wildman–Crippen MR) is 50.4 cm³/mol. The van der Waals surface area contributed by atoms with E-state index in [9.17, 15) is 4.79 Å². The summed E-state index contributed by atoms with van der Waals surface area (Å²) in [4.78, 5) is 10.5. The topological polar surface area (TPSA) is 63.3 Å². The minimum atomic E-state index is -0.944. The van der Waals surface area contributed by atoms with Gasteiger partial charge in [-0.25, -0.2) is 0 Å². The number of hydrogen-bond acceptors (Lipinski definition) is 2. The Morgan fingerprint density at radius 2 is 2.27 bits per heavy atom. The van der Waals surface area contributed by atoms with Crippen LogP contribution in [0, 0.1) is 5.92 Å². The van der Waals surface area contributed by atoms with E-state index in [0.717, 1.165) is 0 Å². The normalized spacial score (nSPS) is 37.1. The smallest absolute Gasteiger partial charge is 0.323 e. The predicted octanol–water partition coefficient (Wildman–Crippen LogP) is 1.13. The SMILES string of the molecule is NC1(C(=O)O)CC(C=CI)C1. The second-order valence-corrected chi connectivity index (χ2v) is 3.67. The molecule has 1 aliphatic rings. The van der Waals surface area contributed by atoms with Crippen molar-refractivity contribution in [3.05, 3.63) is 10.2 Å². The summed E-state index contributed by atoms with van der Waals surface area (Å²) in [5, 5.41) is 8.63. The van der Waals surface area contributed by atoms with E-state index in [1.165, 1.54) is 0 Å². The van der Waals surface area contributed by atoms with Crippen LogP contribution in [0.1, 0.15) is 12.8 Å². The number of halogens is 1. The lowest BCUT2D eigenvalue weighted by Crippen LogP contribution is -2.57. The molecule has 0 amide bonds. The first kappa shape index (κ1) is 8.99. The molecule has 0 heterocycles. The fourth-order valence-electron chi connectivity index (χ4n) is 1.29. The van der Waals surface area contributed by atoms with E-state index < -0.39 is 11.5 Å². The second kappa shape index (κ2) is 3.10. The first-order valence-electron chi connectivity index (χ1n) is 3.37. The number of carboxylic acid groups (broad SMARTS) is 1. The molecule has 1 aliphatic carbocycles. The minimum Gasteiger partial charge on any atom is -0.480 e. The molecule has 1 rings (SSSR count). The maximum Gasteiger partial charge on any atom is 0.323 e. The molecule has 0 spiro atoms. The van der Waals surface area contributed by atoms with Crippen LogP contribution >= 0.6 is 22.6 Å². The molecule has 0 aromatic heterocycles. The van der Waals surface area contributed by atoms with Gasteiger partial charge in [0.2, 0.25) is 0 Å². The van der Waals surface area contributed by atoms with Gasteiger partial charge in [0.15, 0.2) is 0 Å². The van der Waals surface area contributed by atoms with Crippen molar-refractivity contribution in [3.63, 3.8) is 0 Å². The monoisotopic (exact) mass is 267 g/mol. The molecule has 62 valence electrons. The van der Waals surface area contributed by atoms with Crippen molar-refractivity contribution >= 4 is 28.6 Å². The zero-order valence-electron chi connectivity index (χ0n) is 5.96. The van der Waals surface area contributed by atoms with Gasteiger partial charge in [-0.1, -0.05) is 28.7 Å². The van der Waals surface area contributed by atoms with Crippen molar-refractivity contribution in [1.29, 1.82) is 0 Å². The number of rotatable bonds is 2. The molecule has 1 saturated carbocycles. The van der Waals surface area contributed by atoms with Crippen LogP contribution in [0.4, 0.5) is 0 Å². The Kier molecular flexibility index (Phi) is 2.54. The van der Waals surface area contributed by atoms with Crippen molar-refractivity contribution in [1.82, 2.24) is 0 Å². The Balaban J connectivity index is 2.44. The molecule has 4 heteroatoms. The van der Waals surface area contributed by atoms with Crippen LogP contribution in [-0.4, -0.2) is 16.6 Å². The fraction of sp³-hybridized carbons (Fsp3) is 0.571. The summed E-state index contributed by atoms with van der Waals surface area (Å²) in [5.74, 6) is -0.511. The third-order valence-electron chi connectivity index (χ3n) is 2.02. The number of allylic oxidation sites excluding steroid dienone is 1. The van der Waals surface area contributed by atoms with Gasteiger partial charge in [-0.15, -0.1) is 0 Å². The summed E-state index contributed by atoms with van der Waals surface area (Å²) in [6.45, 7) is 0. The zero-order chi connectivity index (χ0) is 8.48. The molecule has 0 unspecified atom stereocenters. The van der Waals surface area contributed by atoms with E-state index in [1.807, 2.05) is 10.2 Å². The van der Waals surface area contributed by atoms with Crippen LogP contribution in [0.25, 0.3) is 0 Å². The average molecular weight is 267 g/mol. The zero-order valence-corrected chi connectivity index (χ0v) is 8.11. The van der Waals surface area contributed by atoms with Crippen molar-refractivity contribution in [2.24, 2.45) is 11.7 Å². The van der Waals surface area contributed by atoms with Crippen LogP contribution in [0.5, 0.6) is 0 Å². The standard InChI is InChI=1S/C7H10INO2/c8-2-1-5-3-7(9,4-5)6(10)11/h1-2,5H,3-4,9H2,(H,10,11). The van der Waals surface area contributed by atoms with E-state index in [4.69, 9.17) is 10.8 Å². The van der Waals surface area contributed by atoms with Gasteiger partial charge in [0.1, 0.15) is 5.54 Å². The molecule has 3 nitrogen and oxygen atoms in total. The van der Waals surface area contributed by atoms with Gasteiger partial charge in [0.05, 0.1) is 0 Å². The molecule has 0 radical (unpaired) electrons. The average Bonchev–Trinajstić information content (AvgIpc) is 1.84. The van der Waals surface area contributed by atoms with Gasteiger partial charge >= 0.3 is 5.97 Å². The molecule has 0 bridgehead atoms. The number of hydrogen-bond donors (Lipinski definition) is 2. The molecular weight excluding hydrogens is 257 g/mol. The Labute approximate surface area is 78.8 Å². The largest absolute Gasteiger partial charge is 0.480 e. The van der Waals surface area contributed by atoms with Gasteiger partial charge in [-0.05, 0) is 22.8 Å². The number of nitrogens with two attached hydrogens (primary N) is 1. The van der Waals surface area contributed by atoms with Crippen LogP contribution in [0.2, 0.25) is 0 Å². The Hall–Kier alpha value is -0.100. The van der Waals surface area contributed by atoms with Crippen molar-refractivity contribution in [2.45, 2.75) is 18.4 Å². The van der Waals surface area contributed by atoms with Gasteiger partial charge in [0.25, 0.3) is 0 Å². The number of aliphatic carboxylic acids is 1. The van der Waals surface area contributed by atoms with E-state index in [2.05, 4.69) is 22.6 Å². The maximum absolute atomic E-state index is 10.5. The highest BCUT2D eigenvalue weighted by atomic mass is 127. The molecule has 1 fully saturated rings. The molecule has 0 aromatic rings. The first-order valence-corrected chi connectivity index (χ1v) is 4.62. The molecule has 0 aliphatic heterocycles. The Bertz CT molecular complexity index is 197. The molecule has 0 atom stereocenters. The lowest BCUT2D eigenvalue weighted by atomic mass is 9.69. The molecular formula is C7H10INO2. The molecule has 0 saturated heterocycles. The van der Waals surface area contributed by atoms with Crippen molar-refractivity contribution in [3.8, 4) is 0 Å². The molecule has 0 aromatic carbocycles. The van der Waals surface area contributed by atoms with Crippen LogP contribution < -0.4 is 5.73 Å². The van der Waals surface area contributed by atoms with Crippen LogP contribution in [-0.2, 0) is 4.79 Å². The molecule has 3 N–H and O–H groups in total. The van der Waals surface area contributed by atoms with Gasteiger partial charge in [-0.3, -0.25) is 4.79 Å². The fourth-order valence-corrected chi connectivity index (χ4v) is 1.88. The lowest BCUT2D eigenvalue weighted by Gasteiger charge is -2.39. The van der Waals surface area contributed by atoms with Gasteiger partial charge in [0, 0.05) is 0 Å². The quantitative estimate of drug-likeness (QED) is 0.737. The summed E-state index contributed by atoms with van der Waals surface area (Å²) in [7, 11) is 0. The third kappa shape index (κ3) is 1.73. The number of carboxylic acids is 1. The summed E-state index contributed by atoms with van der Waals surface area (Å²) in [6, 6.07) is 0. The second-order valence-electron chi connectivity index (χ2n) is 2.95. The summed E-state index contributed by atoms with van der Waals surface area (Å²) < 4.78 is 1.91. The highest BCUT2D eigenvalue weighted by Gasteiger charge is 2.45. The Morgan fingerprint density at radius 1 is 1.73 bits per heavy atom. The number of carbonyl (C=O) groups is 1. The summed E-state index contributed by atoms with van der Waals surface area (Å²) in [5.41, 5.74) is 4.59. The molecule has 11 heavy (non-hydrogen) atoms. The van der Waals surface area contributed by atoms with E-state index in [-0.39, 0.29) is 0 Å². The lowest BCUT2D eigenvalue weighted by molar-refractivity contribution is -0.147. The van der Waals surface area contributed by atoms with E-state index in [1.54, 1.807) is 0 Å². The highest BCUT2D eigenvalue weighted by Crippen LogP contribution is 2.36. The van der Waals surface area contributed by atoms with E-state index >= 15 is 0 Å². The Morgan fingerprint density at radius 3 is 2.64 bits per heavy atom. The van der Waals surface area contributed by atoms with Crippen LogP contribution in [0.15, 0.2) is 10.2 Å². The highest BCUT2D eigenvalue weighted by molar-refractivity contribution is 14.1. The third-order valence-corrected chi connectivity index (χ3v) is 2.44.